The van der Waals surface area contributed by atoms with Crippen LogP contribution in [0.2, 0.25) is 0 Å². The molecule has 4 aliphatic carbocycles. The SMILES string of the molecule is CC1CCC2[C@@H](CCC(C)[C@@H]2C(=O)C2C(=O)NCC(C3(O)CCC(O)C4CC43)C2=O)C1. The maximum Gasteiger partial charge on any atom is 0.238 e. The van der Waals surface area contributed by atoms with E-state index < -0.39 is 29.4 Å². The maximum absolute atomic E-state index is 13.8. The topological polar surface area (TPSA) is 104 Å². The summed E-state index contributed by atoms with van der Waals surface area (Å²) in [5.74, 6) is -1.72. The van der Waals surface area contributed by atoms with Gasteiger partial charge in [-0.2, -0.15) is 0 Å². The monoisotopic (exact) mass is 431 g/mol. The molecule has 0 aromatic carbocycles. The molecule has 6 heteroatoms. The van der Waals surface area contributed by atoms with Gasteiger partial charge in [0.25, 0.3) is 0 Å². The van der Waals surface area contributed by atoms with E-state index in [4.69, 9.17) is 0 Å². The summed E-state index contributed by atoms with van der Waals surface area (Å²) in [7, 11) is 0. The van der Waals surface area contributed by atoms with Gasteiger partial charge in [0, 0.05) is 12.5 Å². The lowest BCUT2D eigenvalue weighted by Crippen LogP contribution is -2.62. The van der Waals surface area contributed by atoms with Gasteiger partial charge in [-0.3, -0.25) is 14.4 Å². The average Bonchev–Trinajstić information content (AvgIpc) is 3.53. The Balaban J connectivity index is 1.39. The van der Waals surface area contributed by atoms with Crippen LogP contribution in [0.1, 0.15) is 65.2 Å². The van der Waals surface area contributed by atoms with Crippen molar-refractivity contribution in [2.45, 2.75) is 76.9 Å². The van der Waals surface area contributed by atoms with Crippen LogP contribution < -0.4 is 5.32 Å². The molecule has 172 valence electrons. The molecule has 0 spiro atoms. The van der Waals surface area contributed by atoms with Gasteiger partial charge in [0.05, 0.1) is 17.6 Å². The van der Waals surface area contributed by atoms with Crippen LogP contribution in [0.4, 0.5) is 0 Å². The fraction of sp³-hybridized carbons (Fsp3) is 0.880. The number of carbonyl (C=O) groups excluding carboxylic acids is 3. The Kier molecular flexibility index (Phi) is 5.32. The van der Waals surface area contributed by atoms with E-state index >= 15 is 0 Å². The van der Waals surface area contributed by atoms with E-state index in [0.717, 1.165) is 38.5 Å². The predicted octanol–water partition coefficient (Wildman–Crippen LogP) is 2.11. The number of hydrogen-bond donors (Lipinski definition) is 3. The van der Waals surface area contributed by atoms with Crippen molar-refractivity contribution >= 4 is 17.5 Å². The Labute approximate surface area is 184 Å². The summed E-state index contributed by atoms with van der Waals surface area (Å²) in [5, 5.41) is 24.4. The van der Waals surface area contributed by atoms with Crippen molar-refractivity contribution in [3.63, 3.8) is 0 Å². The van der Waals surface area contributed by atoms with Gasteiger partial charge < -0.3 is 15.5 Å². The molecule has 0 bridgehead atoms. The minimum atomic E-state index is -1.28. The molecule has 1 aliphatic heterocycles. The molecule has 5 aliphatic rings. The highest BCUT2D eigenvalue weighted by Crippen LogP contribution is 2.58. The first-order chi connectivity index (χ1) is 14.7. The van der Waals surface area contributed by atoms with Crippen LogP contribution in [0, 0.1) is 53.3 Å². The average molecular weight is 432 g/mol. The predicted molar refractivity (Wildman–Crippen MR) is 114 cm³/mol. The highest BCUT2D eigenvalue weighted by Gasteiger charge is 2.64. The van der Waals surface area contributed by atoms with E-state index in [9.17, 15) is 24.6 Å². The highest BCUT2D eigenvalue weighted by molar-refractivity contribution is 6.21. The summed E-state index contributed by atoms with van der Waals surface area (Å²) in [4.78, 5) is 40.2. The normalized spacial score (nSPS) is 52.0. The number of aliphatic hydroxyl groups is 2. The van der Waals surface area contributed by atoms with E-state index in [-0.39, 0.29) is 47.7 Å². The van der Waals surface area contributed by atoms with Gasteiger partial charge >= 0.3 is 0 Å². The zero-order valence-electron chi connectivity index (χ0n) is 18.8. The van der Waals surface area contributed by atoms with Crippen LogP contribution in [0.25, 0.3) is 0 Å². The number of nitrogens with one attached hydrogen (secondary N) is 1. The minimum absolute atomic E-state index is 0.0432. The van der Waals surface area contributed by atoms with E-state index in [1.54, 1.807) is 0 Å². The van der Waals surface area contributed by atoms with E-state index in [1.165, 1.54) is 0 Å². The molecule has 1 amide bonds. The second kappa shape index (κ2) is 7.65. The Morgan fingerprint density at radius 1 is 1.03 bits per heavy atom. The molecular formula is C25H37NO5. The summed E-state index contributed by atoms with van der Waals surface area (Å²) in [6, 6.07) is 0. The van der Waals surface area contributed by atoms with Crippen molar-refractivity contribution in [1.82, 2.24) is 5.32 Å². The lowest BCUT2D eigenvalue weighted by atomic mass is 9.57. The molecule has 0 radical (unpaired) electrons. The van der Waals surface area contributed by atoms with Crippen molar-refractivity contribution in [2.24, 2.45) is 53.3 Å². The molecule has 3 N–H and O–H groups in total. The molecule has 1 saturated heterocycles. The first kappa shape index (κ1) is 21.6. The van der Waals surface area contributed by atoms with Gasteiger partial charge in [0.2, 0.25) is 5.91 Å². The van der Waals surface area contributed by atoms with Crippen LogP contribution in [-0.4, -0.2) is 45.9 Å². The fourth-order valence-corrected chi connectivity index (χ4v) is 7.94. The molecule has 1 heterocycles. The second-order valence-corrected chi connectivity index (χ2v) is 11.6. The number of aliphatic hydroxyl groups excluding tert-OH is 1. The first-order valence-electron chi connectivity index (χ1n) is 12.5. The molecule has 4 saturated carbocycles. The third-order valence-electron chi connectivity index (χ3n) is 9.77. The number of carbonyl (C=O) groups is 3. The molecule has 11 atom stereocenters. The zero-order valence-corrected chi connectivity index (χ0v) is 18.8. The lowest BCUT2D eigenvalue weighted by molar-refractivity contribution is -0.159. The second-order valence-electron chi connectivity index (χ2n) is 11.6. The van der Waals surface area contributed by atoms with Gasteiger partial charge in [0.1, 0.15) is 0 Å². The molecule has 5 rings (SSSR count). The number of rotatable bonds is 3. The maximum atomic E-state index is 13.8. The van der Waals surface area contributed by atoms with E-state index in [0.29, 0.717) is 24.7 Å². The lowest BCUT2D eigenvalue weighted by Gasteiger charge is -2.47. The van der Waals surface area contributed by atoms with E-state index in [1.807, 2.05) is 0 Å². The van der Waals surface area contributed by atoms with Crippen LogP contribution >= 0.6 is 0 Å². The van der Waals surface area contributed by atoms with Gasteiger partial charge in [0.15, 0.2) is 17.5 Å². The Hall–Kier alpha value is -1.27. The molecular weight excluding hydrogens is 394 g/mol. The highest BCUT2D eigenvalue weighted by atomic mass is 16.3. The van der Waals surface area contributed by atoms with Crippen LogP contribution in [0.5, 0.6) is 0 Å². The van der Waals surface area contributed by atoms with E-state index in [2.05, 4.69) is 19.2 Å². The standard InChI is InChI=1S/C25H37NO5/c1-12-3-6-15-14(9-12)5-4-13(2)20(15)23(29)21-22(28)18(11-26-24(21)30)25(31)8-7-19(27)16-10-17(16)25/h12-21,27,31H,3-11H2,1-2H3,(H,26,30)/t12?,13?,14-,15?,16?,17?,18?,19?,20-,21?,25?/m0/s1. The third-order valence-corrected chi connectivity index (χ3v) is 9.77. The number of ketones is 2. The van der Waals surface area contributed by atoms with Crippen LogP contribution in [0.3, 0.4) is 0 Å². The quantitative estimate of drug-likeness (QED) is 0.594. The smallest absolute Gasteiger partial charge is 0.238 e. The summed E-state index contributed by atoms with van der Waals surface area (Å²) < 4.78 is 0. The number of amides is 1. The van der Waals surface area contributed by atoms with Gasteiger partial charge in [-0.05, 0) is 80.5 Å². The number of fused-ring (bicyclic) bond motifs is 2. The van der Waals surface area contributed by atoms with Crippen molar-refractivity contribution in [3.05, 3.63) is 0 Å². The molecule has 6 nitrogen and oxygen atoms in total. The van der Waals surface area contributed by atoms with Crippen molar-refractivity contribution in [3.8, 4) is 0 Å². The minimum Gasteiger partial charge on any atom is -0.393 e. The Morgan fingerprint density at radius 2 is 1.81 bits per heavy atom. The fourth-order valence-electron chi connectivity index (χ4n) is 7.94. The first-order valence-corrected chi connectivity index (χ1v) is 12.5. The number of Topliss-reactive ketones (excluding diaryl/α,β-unsaturated/α-hetero) is 2. The molecule has 0 aromatic heterocycles. The van der Waals surface area contributed by atoms with Crippen LogP contribution in [0.15, 0.2) is 0 Å². The Morgan fingerprint density at radius 3 is 2.58 bits per heavy atom. The third kappa shape index (κ3) is 3.40. The van der Waals surface area contributed by atoms with Crippen molar-refractivity contribution < 1.29 is 24.6 Å². The largest absolute Gasteiger partial charge is 0.393 e. The molecule has 31 heavy (non-hydrogen) atoms. The van der Waals surface area contributed by atoms with Gasteiger partial charge in [-0.1, -0.05) is 20.3 Å². The van der Waals surface area contributed by atoms with Gasteiger partial charge in [-0.15, -0.1) is 0 Å². The summed E-state index contributed by atoms with van der Waals surface area (Å²) in [5.41, 5.74) is -1.21. The number of hydrogen-bond acceptors (Lipinski definition) is 5. The summed E-state index contributed by atoms with van der Waals surface area (Å²) in [6.07, 6.45) is 6.49. The molecule has 0 aromatic rings. The number of piperidine rings is 1. The summed E-state index contributed by atoms with van der Waals surface area (Å²) >= 11 is 0. The zero-order chi connectivity index (χ0) is 22.1. The van der Waals surface area contributed by atoms with Gasteiger partial charge in [-0.25, -0.2) is 0 Å². The molecule has 5 fully saturated rings. The van der Waals surface area contributed by atoms with Crippen molar-refractivity contribution in [2.75, 3.05) is 6.54 Å². The van der Waals surface area contributed by atoms with Crippen molar-refractivity contribution in [1.29, 1.82) is 0 Å². The Bertz CT molecular complexity index is 782. The summed E-state index contributed by atoms with van der Waals surface area (Å²) in [6.45, 7) is 4.48. The van der Waals surface area contributed by atoms with Crippen LogP contribution in [-0.2, 0) is 14.4 Å². The molecule has 9 unspecified atom stereocenters.